The molecule has 1 heterocycles. The third-order valence-corrected chi connectivity index (χ3v) is 3.34. The van der Waals surface area contributed by atoms with Gasteiger partial charge in [0.15, 0.2) is 11.5 Å². The average molecular weight is 330 g/mol. The molecule has 0 unspecified atom stereocenters. The summed E-state index contributed by atoms with van der Waals surface area (Å²) in [6, 6.07) is 8.80. The van der Waals surface area contributed by atoms with Crippen LogP contribution in [0, 0.1) is 5.82 Å². The van der Waals surface area contributed by atoms with Crippen LogP contribution in [-0.4, -0.2) is 25.0 Å². The molecule has 0 bridgehead atoms. The second-order valence-corrected chi connectivity index (χ2v) is 5.19. The van der Waals surface area contributed by atoms with E-state index >= 15 is 0 Å². The number of hydrogen-bond donors (Lipinski definition) is 2. The number of ether oxygens (including phenoxy) is 2. The van der Waals surface area contributed by atoms with Crippen LogP contribution in [0.3, 0.4) is 0 Å². The molecule has 0 aliphatic carbocycles. The Bertz CT molecular complexity index is 807. The molecule has 3 rings (SSSR count). The highest BCUT2D eigenvalue weighted by Gasteiger charge is 2.15. The number of anilines is 2. The zero-order valence-electron chi connectivity index (χ0n) is 12.9. The lowest BCUT2D eigenvalue weighted by molar-refractivity contribution is -0.114. The molecule has 124 valence electrons. The third-order valence-electron chi connectivity index (χ3n) is 3.34. The highest BCUT2D eigenvalue weighted by atomic mass is 19.1. The predicted molar refractivity (Wildman–Crippen MR) is 86.1 cm³/mol. The highest BCUT2D eigenvalue weighted by Crippen LogP contribution is 2.31. The second kappa shape index (κ2) is 6.57. The molecule has 0 atom stereocenters. The Morgan fingerprint density at radius 3 is 2.50 bits per heavy atom. The molecule has 0 aromatic heterocycles. The second-order valence-electron chi connectivity index (χ2n) is 5.19. The molecule has 2 aromatic carbocycles. The van der Waals surface area contributed by atoms with Crippen molar-refractivity contribution in [3.05, 3.63) is 47.8 Å². The van der Waals surface area contributed by atoms with Gasteiger partial charge in [-0.05, 0) is 36.4 Å². The van der Waals surface area contributed by atoms with Crippen molar-refractivity contribution in [2.75, 3.05) is 23.8 Å². The number of nitrogens with one attached hydrogen (secondary N) is 2. The van der Waals surface area contributed by atoms with Crippen molar-refractivity contribution in [2.45, 2.75) is 6.92 Å². The quantitative estimate of drug-likeness (QED) is 0.907. The van der Waals surface area contributed by atoms with Gasteiger partial charge in [-0.2, -0.15) is 0 Å². The van der Waals surface area contributed by atoms with Gasteiger partial charge in [0.05, 0.1) is 5.69 Å². The smallest absolute Gasteiger partial charge is 0.255 e. The molecule has 24 heavy (non-hydrogen) atoms. The van der Waals surface area contributed by atoms with Crippen LogP contribution in [0.25, 0.3) is 0 Å². The Labute approximate surface area is 137 Å². The number of carbonyl (C=O) groups is 2. The molecule has 0 saturated heterocycles. The molecule has 0 spiro atoms. The van der Waals surface area contributed by atoms with Crippen molar-refractivity contribution < 1.29 is 23.5 Å². The Balaban J connectivity index is 1.78. The maximum Gasteiger partial charge on any atom is 0.255 e. The first-order chi connectivity index (χ1) is 11.5. The van der Waals surface area contributed by atoms with Gasteiger partial charge in [0.2, 0.25) is 5.91 Å². The van der Waals surface area contributed by atoms with Gasteiger partial charge >= 0.3 is 0 Å². The first-order valence-electron chi connectivity index (χ1n) is 7.31. The van der Waals surface area contributed by atoms with Crippen LogP contribution < -0.4 is 20.1 Å². The number of halogens is 1. The molecule has 0 saturated carbocycles. The Morgan fingerprint density at radius 1 is 1.00 bits per heavy atom. The van der Waals surface area contributed by atoms with Crippen molar-refractivity contribution in [1.29, 1.82) is 0 Å². The molecule has 1 aliphatic rings. The monoisotopic (exact) mass is 330 g/mol. The van der Waals surface area contributed by atoms with E-state index in [1.807, 2.05) is 0 Å². The molecule has 2 amide bonds. The largest absolute Gasteiger partial charge is 0.486 e. The Morgan fingerprint density at radius 2 is 1.75 bits per heavy atom. The fourth-order valence-corrected chi connectivity index (χ4v) is 2.28. The van der Waals surface area contributed by atoms with E-state index in [4.69, 9.17) is 9.47 Å². The van der Waals surface area contributed by atoms with E-state index in [9.17, 15) is 14.0 Å². The normalized spacial score (nSPS) is 12.4. The lowest BCUT2D eigenvalue weighted by Gasteiger charge is -2.18. The molecular weight excluding hydrogens is 315 g/mol. The third kappa shape index (κ3) is 3.45. The fourth-order valence-electron chi connectivity index (χ4n) is 2.28. The number of rotatable bonds is 3. The van der Waals surface area contributed by atoms with E-state index in [-0.39, 0.29) is 11.6 Å². The summed E-state index contributed by atoms with van der Waals surface area (Å²) in [7, 11) is 0. The molecule has 2 aromatic rings. The van der Waals surface area contributed by atoms with Gasteiger partial charge in [-0.15, -0.1) is 0 Å². The van der Waals surface area contributed by atoms with Gasteiger partial charge in [0.25, 0.3) is 5.91 Å². The SMILES string of the molecule is CC(=O)Nc1cc(NC(=O)c2ccc3c(c2)OCCO3)ccc1F. The van der Waals surface area contributed by atoms with Crippen LogP contribution in [0.15, 0.2) is 36.4 Å². The van der Waals surface area contributed by atoms with E-state index in [2.05, 4.69) is 10.6 Å². The van der Waals surface area contributed by atoms with Crippen LogP contribution in [0.4, 0.5) is 15.8 Å². The number of hydrogen-bond acceptors (Lipinski definition) is 4. The molecule has 7 heteroatoms. The summed E-state index contributed by atoms with van der Waals surface area (Å²) in [6.07, 6.45) is 0. The van der Waals surface area contributed by atoms with Gasteiger partial charge in [0.1, 0.15) is 19.0 Å². The summed E-state index contributed by atoms with van der Waals surface area (Å²) in [6.45, 7) is 2.18. The topological polar surface area (TPSA) is 76.7 Å². The number of carbonyl (C=O) groups excluding carboxylic acids is 2. The highest BCUT2D eigenvalue weighted by molar-refractivity contribution is 6.05. The summed E-state index contributed by atoms with van der Waals surface area (Å²) < 4.78 is 24.5. The maximum absolute atomic E-state index is 13.6. The number of benzene rings is 2. The van der Waals surface area contributed by atoms with Crippen LogP contribution in [0.5, 0.6) is 11.5 Å². The molecular formula is C17H15FN2O4. The van der Waals surface area contributed by atoms with Crippen molar-refractivity contribution in [3.8, 4) is 11.5 Å². The minimum atomic E-state index is -0.581. The summed E-state index contributed by atoms with van der Waals surface area (Å²) in [5.74, 6) is -0.265. The summed E-state index contributed by atoms with van der Waals surface area (Å²) in [4.78, 5) is 23.4. The molecule has 6 nitrogen and oxygen atoms in total. The van der Waals surface area contributed by atoms with Gasteiger partial charge in [-0.1, -0.05) is 0 Å². The minimum Gasteiger partial charge on any atom is -0.486 e. The Kier molecular flexibility index (Phi) is 4.33. The van der Waals surface area contributed by atoms with E-state index < -0.39 is 11.7 Å². The van der Waals surface area contributed by atoms with E-state index in [0.717, 1.165) is 0 Å². The van der Waals surface area contributed by atoms with Crippen molar-refractivity contribution in [1.82, 2.24) is 0 Å². The predicted octanol–water partition coefficient (Wildman–Crippen LogP) is 2.81. The van der Waals surface area contributed by atoms with Gasteiger partial charge in [-0.3, -0.25) is 9.59 Å². The Hall–Kier alpha value is -3.09. The van der Waals surface area contributed by atoms with E-state index in [1.54, 1.807) is 18.2 Å². The lowest BCUT2D eigenvalue weighted by Crippen LogP contribution is -2.17. The van der Waals surface area contributed by atoms with Gasteiger partial charge < -0.3 is 20.1 Å². The zero-order valence-corrected chi connectivity index (χ0v) is 12.9. The first kappa shape index (κ1) is 15.8. The van der Waals surface area contributed by atoms with E-state index in [0.29, 0.717) is 36.0 Å². The van der Waals surface area contributed by atoms with Crippen LogP contribution >= 0.6 is 0 Å². The maximum atomic E-state index is 13.6. The van der Waals surface area contributed by atoms with Crippen molar-refractivity contribution in [3.63, 3.8) is 0 Å². The average Bonchev–Trinajstić information content (AvgIpc) is 2.57. The summed E-state index contributed by atoms with van der Waals surface area (Å²) in [5, 5.41) is 5.02. The summed E-state index contributed by atoms with van der Waals surface area (Å²) in [5.41, 5.74) is 0.743. The molecule has 0 radical (unpaired) electrons. The number of fused-ring (bicyclic) bond motifs is 1. The molecule has 0 fully saturated rings. The molecule has 1 aliphatic heterocycles. The van der Waals surface area contributed by atoms with Gasteiger partial charge in [0, 0.05) is 18.2 Å². The lowest BCUT2D eigenvalue weighted by atomic mass is 10.1. The minimum absolute atomic E-state index is 0.00229. The number of amides is 2. The molecule has 2 N–H and O–H groups in total. The van der Waals surface area contributed by atoms with Gasteiger partial charge in [-0.25, -0.2) is 4.39 Å². The van der Waals surface area contributed by atoms with Crippen LogP contribution in [0.2, 0.25) is 0 Å². The zero-order chi connectivity index (χ0) is 17.1. The van der Waals surface area contributed by atoms with Crippen LogP contribution in [-0.2, 0) is 4.79 Å². The standard InChI is InChI=1S/C17H15FN2O4/c1-10(21)19-14-9-12(3-4-13(14)18)20-17(22)11-2-5-15-16(8-11)24-7-6-23-15/h2-5,8-9H,6-7H2,1H3,(H,19,21)(H,20,22). The first-order valence-corrected chi connectivity index (χ1v) is 7.31. The van der Waals surface area contributed by atoms with Crippen molar-refractivity contribution >= 4 is 23.2 Å². The van der Waals surface area contributed by atoms with Crippen LogP contribution in [0.1, 0.15) is 17.3 Å². The van der Waals surface area contributed by atoms with Crippen molar-refractivity contribution in [2.24, 2.45) is 0 Å². The fraction of sp³-hybridized carbons (Fsp3) is 0.176. The van der Waals surface area contributed by atoms with E-state index in [1.165, 1.54) is 25.1 Å². The summed E-state index contributed by atoms with van der Waals surface area (Å²) >= 11 is 0.